The molecule has 0 saturated carbocycles. The first kappa shape index (κ1) is 26.9. The molecule has 4 aromatic rings. The second kappa shape index (κ2) is 10.3. The van der Waals surface area contributed by atoms with Crippen molar-refractivity contribution in [2.75, 3.05) is 26.2 Å². The Morgan fingerprint density at radius 2 is 1.71 bits per heavy atom. The van der Waals surface area contributed by atoms with Crippen molar-refractivity contribution >= 4 is 50.5 Å². The van der Waals surface area contributed by atoms with Crippen LogP contribution in [0.3, 0.4) is 0 Å². The lowest BCUT2D eigenvalue weighted by Crippen LogP contribution is -2.47. The Bertz CT molecular complexity index is 1860. The van der Waals surface area contributed by atoms with Gasteiger partial charge in [-0.1, -0.05) is 41.9 Å². The number of rotatable bonds is 5. The third kappa shape index (κ3) is 4.71. The first-order chi connectivity index (χ1) is 19.6. The van der Waals surface area contributed by atoms with E-state index < -0.39 is 21.9 Å². The minimum atomic E-state index is -4.06. The van der Waals surface area contributed by atoms with Gasteiger partial charge in [0, 0.05) is 49.9 Å². The Kier molecular flexibility index (Phi) is 6.72. The van der Waals surface area contributed by atoms with E-state index in [1.807, 2.05) is 4.90 Å². The highest BCUT2D eigenvalue weighted by Crippen LogP contribution is 2.41. The molecule has 0 spiro atoms. The number of carbonyl (C=O) groups is 2. The van der Waals surface area contributed by atoms with E-state index in [1.165, 1.54) is 41.4 Å². The average Bonchev–Trinajstić information content (AvgIpc) is 3.49. The number of para-hydroxylation sites is 1. The molecule has 0 radical (unpaired) electrons. The summed E-state index contributed by atoms with van der Waals surface area (Å²) < 4.78 is 34.3. The number of nitrogens with zero attached hydrogens (tertiary/aromatic N) is 3. The lowest BCUT2D eigenvalue weighted by molar-refractivity contribution is 0.101. The minimum Gasteiger partial charge on any atom is -0.507 e. The molecule has 0 aliphatic carbocycles. The van der Waals surface area contributed by atoms with Crippen LogP contribution in [0.2, 0.25) is 5.02 Å². The van der Waals surface area contributed by atoms with Gasteiger partial charge in [0.15, 0.2) is 5.76 Å². The molecule has 0 bridgehead atoms. The number of hydrogen-bond acceptors (Lipinski definition) is 7. The van der Waals surface area contributed by atoms with E-state index in [-0.39, 0.29) is 39.3 Å². The van der Waals surface area contributed by atoms with Crippen molar-refractivity contribution in [1.82, 2.24) is 13.8 Å². The van der Waals surface area contributed by atoms with E-state index in [1.54, 1.807) is 36.4 Å². The fourth-order valence-electron chi connectivity index (χ4n) is 5.16. The number of ether oxygens (including phenoxy) is 1. The number of amides is 1. The molecule has 2 aliphatic rings. The standard InChI is InChI=1S/C29H24ClN3O7S/c30-22-6-2-4-8-26(22)41(38,39)33-16-18(19-5-1-3-7-23(19)33)15-25-27(35)20-9-10-24(34)21(28(20)40-25)17-31-11-13-32(14-12-31)29(36)37/h1-10,15-16,34H,11-14,17H2,(H,36,37). The maximum absolute atomic E-state index is 13.6. The number of Topliss-reactive ketones (excluding diaryl/α,β-unsaturated/α-hetero) is 1. The molecule has 0 atom stereocenters. The summed E-state index contributed by atoms with van der Waals surface area (Å²) >= 11 is 6.22. The molecule has 1 amide bonds. The second-order valence-electron chi connectivity index (χ2n) is 9.76. The van der Waals surface area contributed by atoms with Crippen molar-refractivity contribution in [1.29, 1.82) is 0 Å². The molecule has 1 saturated heterocycles. The number of halogens is 1. The minimum absolute atomic E-state index is 0.0133. The Hall–Kier alpha value is -4.32. The number of benzene rings is 3. The summed E-state index contributed by atoms with van der Waals surface area (Å²) in [5, 5.41) is 20.5. The van der Waals surface area contributed by atoms with E-state index in [2.05, 4.69) is 0 Å². The molecule has 41 heavy (non-hydrogen) atoms. The Balaban J connectivity index is 1.35. The first-order valence-corrected chi connectivity index (χ1v) is 14.6. The Labute approximate surface area is 240 Å². The molecule has 2 N–H and O–H groups in total. The maximum Gasteiger partial charge on any atom is 0.407 e. The molecule has 0 unspecified atom stereocenters. The number of piperazine rings is 1. The van der Waals surface area contributed by atoms with Crippen LogP contribution < -0.4 is 4.74 Å². The number of carboxylic acid groups (broad SMARTS) is 1. The van der Waals surface area contributed by atoms with E-state index in [0.717, 1.165) is 3.97 Å². The lowest BCUT2D eigenvalue weighted by Gasteiger charge is -2.33. The van der Waals surface area contributed by atoms with Gasteiger partial charge >= 0.3 is 6.09 Å². The third-order valence-electron chi connectivity index (χ3n) is 7.31. The van der Waals surface area contributed by atoms with Crippen molar-refractivity contribution in [3.05, 3.63) is 94.3 Å². The van der Waals surface area contributed by atoms with Crippen LogP contribution in [0.4, 0.5) is 4.79 Å². The van der Waals surface area contributed by atoms with Crippen LogP contribution in [0.1, 0.15) is 21.5 Å². The summed E-state index contributed by atoms with van der Waals surface area (Å²) in [6.45, 7) is 1.85. The number of aromatic nitrogens is 1. The third-order valence-corrected chi connectivity index (χ3v) is 9.48. The molecule has 2 aliphatic heterocycles. The summed E-state index contributed by atoms with van der Waals surface area (Å²) in [5.41, 5.74) is 1.55. The number of phenols is 1. The first-order valence-electron chi connectivity index (χ1n) is 12.7. The number of fused-ring (bicyclic) bond motifs is 2. The average molecular weight is 594 g/mol. The van der Waals surface area contributed by atoms with Crippen LogP contribution >= 0.6 is 11.6 Å². The van der Waals surface area contributed by atoms with Crippen LogP contribution in [-0.4, -0.2) is 70.5 Å². The van der Waals surface area contributed by atoms with Crippen molar-refractivity contribution in [2.24, 2.45) is 0 Å². The zero-order chi connectivity index (χ0) is 28.9. The zero-order valence-electron chi connectivity index (χ0n) is 21.5. The smallest absolute Gasteiger partial charge is 0.407 e. The van der Waals surface area contributed by atoms with Crippen LogP contribution in [0.15, 0.2) is 77.5 Å². The summed E-state index contributed by atoms with van der Waals surface area (Å²) in [4.78, 5) is 27.9. The highest BCUT2D eigenvalue weighted by molar-refractivity contribution is 7.90. The van der Waals surface area contributed by atoms with Crippen LogP contribution in [0.5, 0.6) is 11.5 Å². The van der Waals surface area contributed by atoms with Gasteiger partial charge in [-0.3, -0.25) is 9.69 Å². The molecule has 3 heterocycles. The zero-order valence-corrected chi connectivity index (χ0v) is 23.1. The number of ketones is 1. The molecular formula is C29H24ClN3O7S. The number of allylic oxidation sites excluding steroid dienone is 1. The van der Waals surface area contributed by atoms with E-state index in [4.69, 9.17) is 16.3 Å². The van der Waals surface area contributed by atoms with Gasteiger partial charge in [-0.2, -0.15) is 0 Å². The maximum atomic E-state index is 13.6. The summed E-state index contributed by atoms with van der Waals surface area (Å²) in [6, 6.07) is 16.0. The van der Waals surface area contributed by atoms with Crippen molar-refractivity contribution in [2.45, 2.75) is 11.4 Å². The highest BCUT2D eigenvalue weighted by atomic mass is 35.5. The summed E-state index contributed by atoms with van der Waals surface area (Å²) in [5.74, 6) is -0.224. The van der Waals surface area contributed by atoms with E-state index in [9.17, 15) is 28.2 Å². The number of carbonyl (C=O) groups excluding carboxylic acids is 1. The van der Waals surface area contributed by atoms with Crippen LogP contribution in [-0.2, 0) is 16.6 Å². The van der Waals surface area contributed by atoms with Gasteiger partial charge in [-0.05, 0) is 36.4 Å². The largest absolute Gasteiger partial charge is 0.507 e. The predicted octanol–water partition coefficient (Wildman–Crippen LogP) is 4.65. The van der Waals surface area contributed by atoms with Gasteiger partial charge in [0.25, 0.3) is 10.0 Å². The normalized spacial score (nSPS) is 16.8. The molecule has 12 heteroatoms. The predicted molar refractivity (Wildman–Crippen MR) is 152 cm³/mol. The van der Waals surface area contributed by atoms with Crippen LogP contribution in [0, 0.1) is 0 Å². The number of aromatic hydroxyl groups is 1. The highest BCUT2D eigenvalue weighted by Gasteiger charge is 2.33. The topological polar surface area (TPSA) is 129 Å². The molecule has 210 valence electrons. The molecule has 3 aromatic carbocycles. The van der Waals surface area contributed by atoms with Gasteiger partial charge in [-0.15, -0.1) is 0 Å². The van der Waals surface area contributed by atoms with Gasteiger partial charge < -0.3 is 19.8 Å². The molecular weight excluding hydrogens is 570 g/mol. The van der Waals surface area contributed by atoms with Gasteiger partial charge in [0.05, 0.1) is 21.7 Å². The Morgan fingerprint density at radius 3 is 2.44 bits per heavy atom. The van der Waals surface area contributed by atoms with Gasteiger partial charge in [0.1, 0.15) is 16.4 Å². The monoisotopic (exact) mass is 593 g/mol. The molecule has 10 nitrogen and oxygen atoms in total. The fraction of sp³-hybridized carbons (Fsp3) is 0.172. The summed E-state index contributed by atoms with van der Waals surface area (Å²) in [7, 11) is -4.06. The number of phenolic OH excluding ortho intramolecular Hbond substituents is 1. The van der Waals surface area contributed by atoms with E-state index >= 15 is 0 Å². The number of hydrogen-bond donors (Lipinski definition) is 2. The van der Waals surface area contributed by atoms with Crippen molar-refractivity contribution in [3.63, 3.8) is 0 Å². The van der Waals surface area contributed by atoms with Crippen molar-refractivity contribution in [3.8, 4) is 11.5 Å². The quantitative estimate of drug-likeness (QED) is 0.320. The molecule has 1 aromatic heterocycles. The SMILES string of the molecule is O=C1C(=Cc2cn(S(=O)(=O)c3ccccc3Cl)c3ccccc23)Oc2c1ccc(O)c2CN1CCN(C(=O)O)CC1. The summed E-state index contributed by atoms with van der Waals surface area (Å²) in [6.07, 6.45) is 1.95. The van der Waals surface area contributed by atoms with Gasteiger partial charge in [-0.25, -0.2) is 17.2 Å². The van der Waals surface area contributed by atoms with Crippen molar-refractivity contribution < 1.29 is 33.0 Å². The fourth-order valence-corrected chi connectivity index (χ4v) is 7.04. The van der Waals surface area contributed by atoms with Crippen LogP contribution in [0.25, 0.3) is 17.0 Å². The lowest BCUT2D eigenvalue weighted by atomic mass is 10.0. The second-order valence-corrected chi connectivity index (χ2v) is 11.9. The molecule has 1 fully saturated rings. The van der Waals surface area contributed by atoms with E-state index in [0.29, 0.717) is 48.2 Å². The van der Waals surface area contributed by atoms with Gasteiger partial charge in [0.2, 0.25) is 5.78 Å². The molecule has 6 rings (SSSR count). The Morgan fingerprint density at radius 1 is 1.00 bits per heavy atom.